The van der Waals surface area contributed by atoms with Crippen molar-refractivity contribution < 1.29 is 17.9 Å². The first-order valence-corrected chi connectivity index (χ1v) is 6.51. The Morgan fingerprint density at radius 2 is 1.62 bits per heavy atom. The van der Waals surface area contributed by atoms with E-state index in [1.165, 1.54) is 0 Å². The number of hydrogen-bond acceptors (Lipinski definition) is 2. The van der Waals surface area contributed by atoms with Gasteiger partial charge in [-0.05, 0) is 22.3 Å². The van der Waals surface area contributed by atoms with Gasteiger partial charge in [0.05, 0.1) is 6.61 Å². The largest absolute Gasteiger partial charge is 0.411 e. The van der Waals surface area contributed by atoms with Gasteiger partial charge in [0.1, 0.15) is 6.61 Å². The Morgan fingerprint density at radius 3 is 2.24 bits per heavy atom. The predicted octanol–water partition coefficient (Wildman–Crippen LogP) is 3.89. The minimum atomic E-state index is -4.29. The van der Waals surface area contributed by atoms with Gasteiger partial charge < -0.3 is 10.5 Å². The molecule has 0 aliphatic rings. The Kier molecular flexibility index (Phi) is 4.98. The lowest BCUT2D eigenvalue weighted by Gasteiger charge is -2.10. The lowest BCUT2D eigenvalue weighted by Crippen LogP contribution is -2.16. The molecule has 0 radical (unpaired) electrons. The number of ether oxygens (including phenoxy) is 1. The van der Waals surface area contributed by atoms with Crippen LogP contribution in [0.4, 0.5) is 13.2 Å². The van der Waals surface area contributed by atoms with E-state index in [-0.39, 0.29) is 6.61 Å². The van der Waals surface area contributed by atoms with E-state index >= 15 is 0 Å². The minimum absolute atomic E-state index is 0.0572. The van der Waals surface area contributed by atoms with Gasteiger partial charge in [0.2, 0.25) is 0 Å². The van der Waals surface area contributed by atoms with Crippen molar-refractivity contribution in [2.45, 2.75) is 19.3 Å². The highest BCUT2D eigenvalue weighted by Gasteiger charge is 2.27. The molecule has 0 aliphatic carbocycles. The number of benzene rings is 2. The molecule has 2 aromatic rings. The Hall–Kier alpha value is -1.85. The van der Waals surface area contributed by atoms with E-state index in [2.05, 4.69) is 4.74 Å². The summed E-state index contributed by atoms with van der Waals surface area (Å²) in [4.78, 5) is 0. The van der Waals surface area contributed by atoms with Crippen LogP contribution in [0.25, 0.3) is 11.1 Å². The van der Waals surface area contributed by atoms with Gasteiger partial charge >= 0.3 is 6.18 Å². The Labute approximate surface area is 121 Å². The Balaban J connectivity index is 2.05. The third-order valence-corrected chi connectivity index (χ3v) is 3.04. The molecule has 0 heterocycles. The first-order valence-electron chi connectivity index (χ1n) is 6.51. The second kappa shape index (κ2) is 6.74. The van der Waals surface area contributed by atoms with Crippen LogP contribution in [0.3, 0.4) is 0 Å². The van der Waals surface area contributed by atoms with Gasteiger partial charge in [-0.15, -0.1) is 0 Å². The van der Waals surface area contributed by atoms with Gasteiger partial charge in [-0.25, -0.2) is 0 Å². The van der Waals surface area contributed by atoms with Gasteiger partial charge in [0.15, 0.2) is 0 Å². The van der Waals surface area contributed by atoms with Crippen molar-refractivity contribution in [2.75, 3.05) is 6.61 Å². The SMILES string of the molecule is NCc1ccccc1-c1ccc(COCC(F)(F)F)cc1. The van der Waals surface area contributed by atoms with Crippen LogP contribution in [0.15, 0.2) is 48.5 Å². The summed E-state index contributed by atoms with van der Waals surface area (Å²) in [6.45, 7) is -0.851. The summed E-state index contributed by atoms with van der Waals surface area (Å²) >= 11 is 0. The standard InChI is InChI=1S/C16H16F3NO/c17-16(18,19)11-21-10-12-5-7-13(8-6-12)15-4-2-1-3-14(15)9-20/h1-8H,9-11,20H2. The van der Waals surface area contributed by atoms with E-state index in [0.29, 0.717) is 12.1 Å². The average molecular weight is 295 g/mol. The molecule has 0 unspecified atom stereocenters. The summed E-state index contributed by atoms with van der Waals surface area (Å²) in [5.41, 5.74) is 9.44. The van der Waals surface area contributed by atoms with Gasteiger partial charge in [-0.1, -0.05) is 48.5 Å². The van der Waals surface area contributed by atoms with Gasteiger partial charge in [0.25, 0.3) is 0 Å². The molecule has 5 heteroatoms. The monoisotopic (exact) mass is 295 g/mol. The molecule has 0 aliphatic heterocycles. The Morgan fingerprint density at radius 1 is 0.952 bits per heavy atom. The zero-order chi connectivity index (χ0) is 15.3. The zero-order valence-electron chi connectivity index (χ0n) is 11.4. The Bertz CT molecular complexity index is 579. The van der Waals surface area contributed by atoms with E-state index in [1.54, 1.807) is 12.1 Å². The predicted molar refractivity (Wildman–Crippen MR) is 75.5 cm³/mol. The van der Waals surface area contributed by atoms with Crippen molar-refractivity contribution in [1.29, 1.82) is 0 Å². The van der Waals surface area contributed by atoms with Crippen molar-refractivity contribution in [1.82, 2.24) is 0 Å². The van der Waals surface area contributed by atoms with E-state index in [9.17, 15) is 13.2 Å². The van der Waals surface area contributed by atoms with Crippen molar-refractivity contribution in [2.24, 2.45) is 5.73 Å². The maximum absolute atomic E-state index is 12.0. The van der Waals surface area contributed by atoms with Crippen molar-refractivity contribution in [3.05, 3.63) is 59.7 Å². The van der Waals surface area contributed by atoms with Crippen molar-refractivity contribution in [3.63, 3.8) is 0 Å². The third kappa shape index (κ3) is 4.58. The van der Waals surface area contributed by atoms with Crippen LogP contribution in [0, 0.1) is 0 Å². The fraction of sp³-hybridized carbons (Fsp3) is 0.250. The highest BCUT2D eigenvalue weighted by atomic mass is 19.4. The van der Waals surface area contributed by atoms with Crippen LogP contribution in [-0.2, 0) is 17.9 Å². The molecule has 0 spiro atoms. The second-order valence-electron chi connectivity index (χ2n) is 4.67. The molecule has 2 N–H and O–H groups in total. The quantitative estimate of drug-likeness (QED) is 0.908. The van der Waals surface area contributed by atoms with Crippen molar-refractivity contribution in [3.8, 4) is 11.1 Å². The van der Waals surface area contributed by atoms with Gasteiger partial charge in [-0.2, -0.15) is 13.2 Å². The summed E-state index contributed by atoms with van der Waals surface area (Å²) in [7, 11) is 0. The highest BCUT2D eigenvalue weighted by molar-refractivity contribution is 5.67. The molecule has 0 amide bonds. The maximum atomic E-state index is 12.0. The molecule has 0 saturated carbocycles. The molecule has 0 fully saturated rings. The third-order valence-electron chi connectivity index (χ3n) is 3.04. The second-order valence-corrected chi connectivity index (χ2v) is 4.67. The molecule has 2 rings (SSSR count). The topological polar surface area (TPSA) is 35.2 Å². The summed E-state index contributed by atoms with van der Waals surface area (Å²) in [5, 5.41) is 0. The normalized spacial score (nSPS) is 11.6. The number of halogens is 3. The lowest BCUT2D eigenvalue weighted by molar-refractivity contribution is -0.176. The van der Waals surface area contributed by atoms with E-state index in [0.717, 1.165) is 16.7 Å². The first-order chi connectivity index (χ1) is 9.99. The number of alkyl halides is 3. The maximum Gasteiger partial charge on any atom is 0.411 e. The number of nitrogens with two attached hydrogens (primary N) is 1. The summed E-state index contributed by atoms with van der Waals surface area (Å²) in [6, 6.07) is 15.0. The molecule has 2 aromatic carbocycles. The molecule has 0 aromatic heterocycles. The highest BCUT2D eigenvalue weighted by Crippen LogP contribution is 2.24. The van der Waals surface area contributed by atoms with E-state index in [1.807, 2.05) is 36.4 Å². The molecule has 112 valence electrons. The molecular formula is C16H16F3NO. The fourth-order valence-corrected chi connectivity index (χ4v) is 2.05. The van der Waals surface area contributed by atoms with Crippen LogP contribution in [-0.4, -0.2) is 12.8 Å². The first kappa shape index (κ1) is 15.5. The lowest BCUT2D eigenvalue weighted by atomic mass is 9.99. The van der Waals surface area contributed by atoms with E-state index in [4.69, 9.17) is 5.73 Å². The number of hydrogen-bond donors (Lipinski definition) is 1. The minimum Gasteiger partial charge on any atom is -0.367 e. The summed E-state index contributed by atoms with van der Waals surface area (Å²) < 4.78 is 40.6. The van der Waals surface area contributed by atoms with Crippen LogP contribution in [0.2, 0.25) is 0 Å². The van der Waals surface area contributed by atoms with Gasteiger partial charge in [0, 0.05) is 6.54 Å². The van der Waals surface area contributed by atoms with Crippen LogP contribution < -0.4 is 5.73 Å². The molecule has 0 atom stereocenters. The molecule has 0 bridgehead atoms. The number of rotatable bonds is 5. The van der Waals surface area contributed by atoms with Crippen LogP contribution in [0.1, 0.15) is 11.1 Å². The molecule has 0 saturated heterocycles. The fourth-order valence-electron chi connectivity index (χ4n) is 2.05. The van der Waals surface area contributed by atoms with Crippen LogP contribution in [0.5, 0.6) is 0 Å². The summed E-state index contributed by atoms with van der Waals surface area (Å²) in [5.74, 6) is 0. The van der Waals surface area contributed by atoms with E-state index < -0.39 is 12.8 Å². The average Bonchev–Trinajstić information content (AvgIpc) is 2.47. The van der Waals surface area contributed by atoms with Crippen LogP contribution >= 0.6 is 0 Å². The van der Waals surface area contributed by atoms with Gasteiger partial charge in [-0.3, -0.25) is 0 Å². The molecule has 21 heavy (non-hydrogen) atoms. The molecule has 2 nitrogen and oxygen atoms in total. The molecular weight excluding hydrogens is 279 g/mol. The summed E-state index contributed by atoms with van der Waals surface area (Å²) in [6.07, 6.45) is -4.29. The smallest absolute Gasteiger partial charge is 0.367 e. The van der Waals surface area contributed by atoms with Crippen molar-refractivity contribution >= 4 is 0 Å². The zero-order valence-corrected chi connectivity index (χ0v) is 11.4.